The average molecular weight is 426 g/mol. The summed E-state index contributed by atoms with van der Waals surface area (Å²) in [5.74, 6) is 0.547. The van der Waals surface area contributed by atoms with Crippen LogP contribution in [0.4, 0.5) is 0 Å². The first-order valence-electron chi connectivity index (χ1n) is 12.7. The second kappa shape index (κ2) is 6.36. The average Bonchev–Trinajstić information content (AvgIpc) is 3.47. The number of hydrogen-bond donors (Lipinski definition) is 0. The molecular formula is C30H35NO. The predicted molar refractivity (Wildman–Crippen MR) is 131 cm³/mol. The van der Waals surface area contributed by atoms with E-state index in [9.17, 15) is 0 Å². The summed E-state index contributed by atoms with van der Waals surface area (Å²) in [6.45, 7) is 2.53. The Kier molecular flexibility index (Phi) is 3.89. The largest absolute Gasteiger partial charge is 0.359 e. The molecule has 0 radical (unpaired) electrons. The molecule has 166 valence electrons. The second-order valence-corrected chi connectivity index (χ2v) is 11.7. The van der Waals surface area contributed by atoms with E-state index >= 15 is 0 Å². The minimum absolute atomic E-state index is 0.0100. The number of ether oxygens (including phenoxy) is 1. The smallest absolute Gasteiger partial charge is 0.0980 e. The van der Waals surface area contributed by atoms with Crippen molar-refractivity contribution < 1.29 is 4.74 Å². The lowest BCUT2D eigenvalue weighted by Gasteiger charge is -2.54. The van der Waals surface area contributed by atoms with E-state index < -0.39 is 0 Å². The van der Waals surface area contributed by atoms with Gasteiger partial charge in [-0.15, -0.1) is 0 Å². The summed E-state index contributed by atoms with van der Waals surface area (Å²) in [5.41, 5.74) is 9.04. The molecule has 1 aromatic carbocycles. The van der Waals surface area contributed by atoms with Crippen LogP contribution in [0.3, 0.4) is 0 Å². The topological polar surface area (TPSA) is 12.5 Å². The molecule has 2 spiro atoms. The quantitative estimate of drug-likeness (QED) is 0.548. The highest BCUT2D eigenvalue weighted by Crippen LogP contribution is 2.67. The van der Waals surface area contributed by atoms with Gasteiger partial charge >= 0.3 is 0 Å². The van der Waals surface area contributed by atoms with Gasteiger partial charge in [0.15, 0.2) is 0 Å². The zero-order chi connectivity index (χ0) is 21.7. The molecule has 1 aromatic rings. The zero-order valence-corrected chi connectivity index (χ0v) is 19.8. The molecule has 2 aliphatic heterocycles. The maximum atomic E-state index is 7.39. The van der Waals surface area contributed by atoms with Gasteiger partial charge in [0, 0.05) is 17.4 Å². The molecule has 5 atom stereocenters. The van der Waals surface area contributed by atoms with Crippen LogP contribution in [0.1, 0.15) is 68.6 Å². The lowest BCUT2D eigenvalue weighted by atomic mass is 9.58. The summed E-state index contributed by atoms with van der Waals surface area (Å²) in [6.07, 6.45) is 21.7. The Balaban J connectivity index is 1.28. The van der Waals surface area contributed by atoms with E-state index in [1.807, 2.05) is 0 Å². The normalized spacial score (nSPS) is 40.9. The number of nitrogens with zero attached hydrogens (tertiary/aromatic N) is 1. The van der Waals surface area contributed by atoms with Crippen molar-refractivity contribution >= 4 is 11.6 Å². The summed E-state index contributed by atoms with van der Waals surface area (Å²) in [6, 6.07) is 7.80. The molecule has 1 unspecified atom stereocenters. The molecule has 32 heavy (non-hydrogen) atoms. The minimum Gasteiger partial charge on any atom is -0.359 e. The van der Waals surface area contributed by atoms with Gasteiger partial charge in [0.1, 0.15) is 0 Å². The standard InChI is InChI=1S/C30H35NO/c1-28-14-13-24-18-23-9-10-25(31(2)3)19-29(23)15-16-30(24,32-29)27(28)12-11-26(28)22-8-7-20-5-4-6-21(20)17-22/h4,6-8,11,13,17-18,25,27H,5,9-10,12,14-16,19H2,1-3H3/t25-,27-,28-,29?,30-/m1/s1. The van der Waals surface area contributed by atoms with Crippen LogP contribution in [0.15, 0.2) is 53.6 Å². The van der Waals surface area contributed by atoms with Crippen LogP contribution >= 0.6 is 0 Å². The third kappa shape index (κ3) is 2.38. The fraction of sp³-hybridized carbons (Fsp3) is 0.533. The lowest BCUT2D eigenvalue weighted by Crippen LogP contribution is -2.54. The highest BCUT2D eigenvalue weighted by Gasteiger charge is 2.65. The molecule has 2 heterocycles. The van der Waals surface area contributed by atoms with Gasteiger partial charge in [-0.25, -0.2) is 0 Å². The number of rotatable bonds is 2. The third-order valence-corrected chi connectivity index (χ3v) is 10.1. The van der Waals surface area contributed by atoms with E-state index in [0.29, 0.717) is 12.0 Å². The fourth-order valence-corrected chi connectivity index (χ4v) is 8.27. The summed E-state index contributed by atoms with van der Waals surface area (Å²) in [4.78, 5) is 2.42. The molecule has 2 fully saturated rings. The molecule has 1 saturated carbocycles. The Hall–Kier alpha value is -1.90. The van der Waals surface area contributed by atoms with Gasteiger partial charge in [-0.1, -0.05) is 49.4 Å². The first-order valence-corrected chi connectivity index (χ1v) is 12.7. The van der Waals surface area contributed by atoms with E-state index in [0.717, 1.165) is 19.3 Å². The van der Waals surface area contributed by atoms with Gasteiger partial charge in [-0.2, -0.15) is 0 Å². The number of allylic oxidation sites excluding steroid dienone is 4. The number of hydrogen-bond acceptors (Lipinski definition) is 2. The molecule has 0 aromatic heterocycles. The van der Waals surface area contributed by atoms with Crippen LogP contribution in [0.25, 0.3) is 11.6 Å². The van der Waals surface area contributed by atoms with Crippen molar-refractivity contribution in [1.82, 2.24) is 4.90 Å². The molecule has 7 rings (SSSR count). The Labute approximate surface area is 192 Å². The van der Waals surface area contributed by atoms with Crippen molar-refractivity contribution in [2.45, 2.75) is 75.5 Å². The van der Waals surface area contributed by atoms with Gasteiger partial charge in [0.2, 0.25) is 0 Å². The van der Waals surface area contributed by atoms with Crippen molar-refractivity contribution in [3.05, 3.63) is 70.3 Å². The van der Waals surface area contributed by atoms with Crippen LogP contribution in [0.5, 0.6) is 0 Å². The summed E-state index contributed by atoms with van der Waals surface area (Å²) in [7, 11) is 4.48. The van der Waals surface area contributed by atoms with Crippen molar-refractivity contribution in [3.8, 4) is 0 Å². The van der Waals surface area contributed by atoms with Crippen molar-refractivity contribution in [1.29, 1.82) is 0 Å². The monoisotopic (exact) mass is 425 g/mol. The molecule has 4 aliphatic carbocycles. The van der Waals surface area contributed by atoms with Crippen LogP contribution < -0.4 is 0 Å². The minimum atomic E-state index is -0.0837. The van der Waals surface area contributed by atoms with Gasteiger partial charge in [0.25, 0.3) is 0 Å². The zero-order valence-electron chi connectivity index (χ0n) is 19.8. The Bertz CT molecular complexity index is 1140. The predicted octanol–water partition coefficient (Wildman–Crippen LogP) is 6.34. The highest BCUT2D eigenvalue weighted by molar-refractivity contribution is 5.77. The van der Waals surface area contributed by atoms with E-state index in [1.165, 1.54) is 54.4 Å². The number of fused-ring (bicyclic) bond motifs is 2. The molecule has 2 heteroatoms. The van der Waals surface area contributed by atoms with Gasteiger partial charge in [-0.3, -0.25) is 0 Å². The lowest BCUT2D eigenvalue weighted by molar-refractivity contribution is -0.134. The molecule has 0 amide bonds. The van der Waals surface area contributed by atoms with Crippen LogP contribution in [-0.2, 0) is 11.2 Å². The van der Waals surface area contributed by atoms with Crippen LogP contribution in [0.2, 0.25) is 0 Å². The highest BCUT2D eigenvalue weighted by atomic mass is 16.5. The van der Waals surface area contributed by atoms with Crippen molar-refractivity contribution in [2.24, 2.45) is 11.3 Å². The molecular weight excluding hydrogens is 390 g/mol. The van der Waals surface area contributed by atoms with E-state index in [1.54, 1.807) is 11.1 Å². The Morgan fingerprint density at radius 2 is 2.03 bits per heavy atom. The fourth-order valence-electron chi connectivity index (χ4n) is 8.27. The maximum Gasteiger partial charge on any atom is 0.0980 e. The van der Waals surface area contributed by atoms with Crippen molar-refractivity contribution in [3.63, 3.8) is 0 Å². The van der Waals surface area contributed by atoms with E-state index in [2.05, 4.69) is 74.5 Å². The SMILES string of the molecule is CN(C)[C@@H]1CCC2=CC3=CC[C@]4(C)C(c5ccc6c(c5)C=CC6)=CC[C@H]4[C@@]34CCC2(C1)O4. The van der Waals surface area contributed by atoms with Crippen LogP contribution in [0, 0.1) is 11.3 Å². The van der Waals surface area contributed by atoms with Crippen molar-refractivity contribution in [2.75, 3.05) is 14.1 Å². The molecule has 2 bridgehead atoms. The molecule has 6 aliphatic rings. The van der Waals surface area contributed by atoms with Gasteiger partial charge < -0.3 is 9.64 Å². The van der Waals surface area contributed by atoms with E-state index in [-0.39, 0.29) is 16.6 Å². The second-order valence-electron chi connectivity index (χ2n) is 11.7. The maximum absolute atomic E-state index is 7.39. The summed E-state index contributed by atoms with van der Waals surface area (Å²) < 4.78 is 7.39. The van der Waals surface area contributed by atoms with Gasteiger partial charge in [-0.05, 0) is 105 Å². The van der Waals surface area contributed by atoms with E-state index in [4.69, 9.17) is 4.74 Å². The number of benzene rings is 1. The first-order chi connectivity index (χ1) is 15.4. The third-order valence-electron chi connectivity index (χ3n) is 10.1. The summed E-state index contributed by atoms with van der Waals surface area (Å²) in [5, 5.41) is 0. The first kappa shape index (κ1) is 19.6. The summed E-state index contributed by atoms with van der Waals surface area (Å²) >= 11 is 0. The Morgan fingerprint density at radius 3 is 2.91 bits per heavy atom. The molecule has 2 nitrogen and oxygen atoms in total. The Morgan fingerprint density at radius 1 is 1.12 bits per heavy atom. The molecule has 1 saturated heterocycles. The van der Waals surface area contributed by atoms with Gasteiger partial charge in [0.05, 0.1) is 11.2 Å². The van der Waals surface area contributed by atoms with Crippen LogP contribution in [-0.4, -0.2) is 36.2 Å². The molecule has 0 N–H and O–H groups in total.